The van der Waals surface area contributed by atoms with E-state index in [1.165, 1.54) is 0 Å². The first-order chi connectivity index (χ1) is 5.98. The van der Waals surface area contributed by atoms with Crippen molar-refractivity contribution in [2.45, 2.75) is 6.43 Å². The quantitative estimate of drug-likeness (QED) is 0.515. The Hall–Kier alpha value is 0.0200. The van der Waals surface area contributed by atoms with E-state index < -0.39 is 28.3 Å². The monoisotopic (exact) mass is 237 g/mol. The predicted octanol–water partition coefficient (Wildman–Crippen LogP) is 0.384. The molecule has 0 amide bonds. The van der Waals surface area contributed by atoms with Crippen molar-refractivity contribution in [3.05, 3.63) is 0 Å². The minimum Gasteiger partial charge on any atom is -0.374 e. The zero-order valence-corrected chi connectivity index (χ0v) is 8.25. The highest BCUT2D eigenvalue weighted by molar-refractivity contribution is 7.90. The van der Waals surface area contributed by atoms with E-state index in [0.29, 0.717) is 0 Å². The molecule has 8 heteroatoms. The maximum atomic E-state index is 11.5. The van der Waals surface area contributed by atoms with Gasteiger partial charge in [0.1, 0.15) is 11.8 Å². The third-order valence-electron chi connectivity index (χ3n) is 0.956. The lowest BCUT2D eigenvalue weighted by Crippen LogP contribution is -2.28. The fraction of sp³-hybridized carbons (Fsp3) is 1.00. The van der Waals surface area contributed by atoms with E-state index >= 15 is 0 Å². The Morgan fingerprint density at radius 2 is 2.08 bits per heavy atom. The van der Waals surface area contributed by atoms with Crippen LogP contribution >= 0.6 is 11.6 Å². The second kappa shape index (κ2) is 6.47. The van der Waals surface area contributed by atoms with Gasteiger partial charge in [0.25, 0.3) is 6.43 Å². The standard InChI is InChI=1S/C5H10ClF2NO3S/c6-4-13(10,11)9-1-2-12-3-5(7)8/h5,9H,1-4H2. The van der Waals surface area contributed by atoms with Crippen molar-refractivity contribution in [1.82, 2.24) is 4.72 Å². The molecule has 0 aromatic carbocycles. The summed E-state index contributed by atoms with van der Waals surface area (Å²) in [6, 6.07) is 0. The third kappa shape index (κ3) is 8.35. The summed E-state index contributed by atoms with van der Waals surface area (Å²) in [5.74, 6) is 0. The molecule has 0 aliphatic heterocycles. The van der Waals surface area contributed by atoms with Crippen LogP contribution in [0.4, 0.5) is 8.78 Å². The number of halogens is 3. The van der Waals surface area contributed by atoms with Gasteiger partial charge in [-0.2, -0.15) is 0 Å². The van der Waals surface area contributed by atoms with Crippen LogP contribution < -0.4 is 4.72 Å². The van der Waals surface area contributed by atoms with Crippen LogP contribution in [0, 0.1) is 0 Å². The molecule has 0 heterocycles. The van der Waals surface area contributed by atoms with Crippen molar-refractivity contribution in [2.24, 2.45) is 0 Å². The van der Waals surface area contributed by atoms with E-state index in [4.69, 9.17) is 11.6 Å². The van der Waals surface area contributed by atoms with Crippen LogP contribution in [0.5, 0.6) is 0 Å². The predicted molar refractivity (Wildman–Crippen MR) is 44.5 cm³/mol. The van der Waals surface area contributed by atoms with Crippen LogP contribution in [-0.4, -0.2) is 39.8 Å². The maximum absolute atomic E-state index is 11.5. The second-order valence-electron chi connectivity index (χ2n) is 2.08. The molecule has 0 rings (SSSR count). The number of rotatable bonds is 7. The Labute approximate surface area is 80.3 Å². The molecule has 0 bridgehead atoms. The van der Waals surface area contributed by atoms with E-state index in [1.54, 1.807) is 0 Å². The summed E-state index contributed by atoms with van der Waals surface area (Å²) in [5.41, 5.74) is 0. The molecular formula is C5H10ClF2NO3S. The molecule has 0 aliphatic rings. The minimum atomic E-state index is -3.47. The van der Waals surface area contributed by atoms with Gasteiger partial charge in [0.15, 0.2) is 0 Å². The van der Waals surface area contributed by atoms with E-state index in [2.05, 4.69) is 9.46 Å². The Morgan fingerprint density at radius 1 is 1.46 bits per heavy atom. The Morgan fingerprint density at radius 3 is 2.54 bits per heavy atom. The number of sulfonamides is 1. The van der Waals surface area contributed by atoms with Gasteiger partial charge in [0, 0.05) is 6.54 Å². The van der Waals surface area contributed by atoms with Crippen LogP contribution in [0.1, 0.15) is 0 Å². The van der Waals surface area contributed by atoms with Gasteiger partial charge in [-0.1, -0.05) is 0 Å². The van der Waals surface area contributed by atoms with Gasteiger partial charge in [-0.05, 0) is 0 Å². The molecule has 13 heavy (non-hydrogen) atoms. The average Bonchev–Trinajstić information content (AvgIpc) is 2.03. The van der Waals surface area contributed by atoms with Crippen molar-refractivity contribution in [2.75, 3.05) is 25.0 Å². The average molecular weight is 238 g/mol. The van der Waals surface area contributed by atoms with Crippen molar-refractivity contribution < 1.29 is 21.9 Å². The summed E-state index contributed by atoms with van der Waals surface area (Å²) in [7, 11) is -3.47. The highest BCUT2D eigenvalue weighted by Crippen LogP contribution is 1.92. The minimum absolute atomic E-state index is 0.0538. The smallest absolute Gasteiger partial charge is 0.261 e. The summed E-state index contributed by atoms with van der Waals surface area (Å²) in [4.78, 5) is 0. The molecule has 0 atom stereocenters. The molecular weight excluding hydrogens is 228 g/mol. The summed E-state index contributed by atoms with van der Waals surface area (Å²) < 4.78 is 50.7. The number of hydrogen-bond donors (Lipinski definition) is 1. The molecule has 4 nitrogen and oxygen atoms in total. The van der Waals surface area contributed by atoms with Crippen molar-refractivity contribution >= 4 is 21.6 Å². The van der Waals surface area contributed by atoms with Gasteiger partial charge in [0.2, 0.25) is 10.0 Å². The summed E-state index contributed by atoms with van der Waals surface area (Å²) in [6.45, 7) is -0.842. The normalized spacial score (nSPS) is 12.3. The molecule has 0 aromatic heterocycles. The van der Waals surface area contributed by atoms with Gasteiger partial charge in [0.05, 0.1) is 6.61 Å². The Bertz CT molecular complexity index is 222. The largest absolute Gasteiger partial charge is 0.374 e. The molecule has 0 unspecified atom stereocenters. The number of nitrogens with one attached hydrogen (secondary N) is 1. The summed E-state index contributed by atoms with van der Waals surface area (Å²) >= 11 is 5.05. The molecule has 0 saturated carbocycles. The first kappa shape index (κ1) is 13.0. The third-order valence-corrected chi connectivity index (χ3v) is 2.75. The topological polar surface area (TPSA) is 55.4 Å². The highest BCUT2D eigenvalue weighted by Gasteiger charge is 2.06. The van der Waals surface area contributed by atoms with Crippen molar-refractivity contribution in [3.8, 4) is 0 Å². The molecule has 0 spiro atoms. The molecule has 1 N–H and O–H groups in total. The second-order valence-corrected chi connectivity index (χ2v) is 4.48. The van der Waals surface area contributed by atoms with E-state index in [-0.39, 0.29) is 13.2 Å². The van der Waals surface area contributed by atoms with E-state index in [9.17, 15) is 17.2 Å². The van der Waals surface area contributed by atoms with Crippen LogP contribution in [0.2, 0.25) is 0 Å². The molecule has 0 radical (unpaired) electrons. The summed E-state index contributed by atoms with van der Waals surface area (Å²) in [5, 5.41) is -0.554. The number of ether oxygens (including phenoxy) is 1. The lowest BCUT2D eigenvalue weighted by atomic mass is 10.7. The summed E-state index contributed by atoms with van der Waals surface area (Å²) in [6.07, 6.45) is -2.54. The maximum Gasteiger partial charge on any atom is 0.261 e. The SMILES string of the molecule is O=S(=O)(CCl)NCCOCC(F)F. The molecule has 0 saturated heterocycles. The van der Waals surface area contributed by atoms with Crippen molar-refractivity contribution in [1.29, 1.82) is 0 Å². The fourth-order valence-electron chi connectivity index (χ4n) is 0.480. The van der Waals surface area contributed by atoms with E-state index in [0.717, 1.165) is 0 Å². The zero-order chi connectivity index (χ0) is 10.3. The first-order valence-corrected chi connectivity index (χ1v) is 5.56. The van der Waals surface area contributed by atoms with Crippen LogP contribution in [0.15, 0.2) is 0 Å². The number of alkyl halides is 3. The van der Waals surface area contributed by atoms with Crippen LogP contribution in [0.3, 0.4) is 0 Å². The molecule has 0 aromatic rings. The van der Waals surface area contributed by atoms with Crippen LogP contribution in [-0.2, 0) is 14.8 Å². The van der Waals surface area contributed by atoms with E-state index in [1.807, 2.05) is 0 Å². The fourth-order valence-corrected chi connectivity index (χ4v) is 1.18. The molecule has 80 valence electrons. The van der Waals surface area contributed by atoms with Gasteiger partial charge < -0.3 is 4.74 Å². The lowest BCUT2D eigenvalue weighted by Gasteiger charge is -2.04. The van der Waals surface area contributed by atoms with Crippen molar-refractivity contribution in [3.63, 3.8) is 0 Å². The van der Waals surface area contributed by atoms with Gasteiger partial charge in [-0.3, -0.25) is 0 Å². The first-order valence-electron chi connectivity index (χ1n) is 3.37. The molecule has 0 aliphatic carbocycles. The van der Waals surface area contributed by atoms with Gasteiger partial charge in [-0.15, -0.1) is 11.6 Å². The Balaban J connectivity index is 3.37. The van der Waals surface area contributed by atoms with Gasteiger partial charge in [-0.25, -0.2) is 21.9 Å². The number of hydrogen-bond acceptors (Lipinski definition) is 3. The highest BCUT2D eigenvalue weighted by atomic mass is 35.5. The van der Waals surface area contributed by atoms with Gasteiger partial charge >= 0.3 is 0 Å². The zero-order valence-electron chi connectivity index (χ0n) is 6.67. The van der Waals surface area contributed by atoms with Crippen LogP contribution in [0.25, 0.3) is 0 Å². The lowest BCUT2D eigenvalue weighted by molar-refractivity contribution is 0.0199. The Kier molecular flexibility index (Phi) is 6.48. The molecule has 0 fully saturated rings.